The van der Waals surface area contributed by atoms with Gasteiger partial charge in [0.1, 0.15) is 5.67 Å². The highest BCUT2D eigenvalue weighted by atomic mass is 19.1. The summed E-state index contributed by atoms with van der Waals surface area (Å²) >= 11 is 0. The lowest BCUT2D eigenvalue weighted by molar-refractivity contribution is -0.0320. The second-order valence-electron chi connectivity index (χ2n) is 4.60. The van der Waals surface area contributed by atoms with Gasteiger partial charge in [-0.05, 0) is 38.8 Å². The van der Waals surface area contributed by atoms with Crippen LogP contribution in [0.2, 0.25) is 0 Å². The van der Waals surface area contributed by atoms with Crippen LogP contribution >= 0.6 is 0 Å². The molecule has 82 valence electrons. The van der Waals surface area contributed by atoms with Crippen molar-refractivity contribution in [2.75, 3.05) is 20.2 Å². The third-order valence-corrected chi connectivity index (χ3v) is 3.85. The van der Waals surface area contributed by atoms with E-state index in [0.29, 0.717) is 12.8 Å². The first-order valence-electron chi connectivity index (χ1n) is 5.69. The minimum atomic E-state index is -0.956. The molecule has 0 aromatic rings. The zero-order valence-electron chi connectivity index (χ0n) is 8.89. The number of nitrogens with one attached hydrogen (secondary N) is 1. The molecule has 0 amide bonds. The summed E-state index contributed by atoms with van der Waals surface area (Å²) in [5, 5.41) is 3.22. The molecule has 1 aliphatic carbocycles. The number of piperidine rings is 1. The van der Waals surface area contributed by atoms with Crippen molar-refractivity contribution in [3.8, 4) is 0 Å². The molecule has 14 heavy (non-hydrogen) atoms. The molecular weight excluding hydrogens is 181 g/mol. The maximum absolute atomic E-state index is 14.6. The summed E-state index contributed by atoms with van der Waals surface area (Å²) < 4.78 is 20.0. The van der Waals surface area contributed by atoms with Gasteiger partial charge in [0.2, 0.25) is 0 Å². The average molecular weight is 201 g/mol. The minimum absolute atomic E-state index is 0.148. The van der Waals surface area contributed by atoms with E-state index in [1.807, 2.05) is 0 Å². The van der Waals surface area contributed by atoms with Gasteiger partial charge in [0.15, 0.2) is 0 Å². The van der Waals surface area contributed by atoms with Gasteiger partial charge in [0.05, 0.1) is 6.10 Å². The zero-order valence-corrected chi connectivity index (χ0v) is 8.89. The Kier molecular flexibility index (Phi) is 3.07. The highest BCUT2D eigenvalue weighted by molar-refractivity contribution is 4.97. The molecule has 2 nitrogen and oxygen atoms in total. The quantitative estimate of drug-likeness (QED) is 0.736. The lowest BCUT2D eigenvalue weighted by atomic mass is 9.79. The summed E-state index contributed by atoms with van der Waals surface area (Å²) in [6.07, 6.45) is 4.67. The van der Waals surface area contributed by atoms with Gasteiger partial charge in [-0.3, -0.25) is 0 Å². The molecule has 2 unspecified atom stereocenters. The van der Waals surface area contributed by atoms with E-state index in [1.165, 1.54) is 0 Å². The number of ether oxygens (including phenoxy) is 1. The number of rotatable bonds is 2. The summed E-state index contributed by atoms with van der Waals surface area (Å²) in [7, 11) is 1.72. The molecule has 0 aromatic heterocycles. The Morgan fingerprint density at radius 3 is 2.64 bits per heavy atom. The van der Waals surface area contributed by atoms with Crippen molar-refractivity contribution in [3.63, 3.8) is 0 Å². The van der Waals surface area contributed by atoms with Crippen molar-refractivity contribution in [2.45, 2.75) is 43.9 Å². The van der Waals surface area contributed by atoms with Crippen LogP contribution in [-0.4, -0.2) is 32.0 Å². The van der Waals surface area contributed by atoms with Crippen LogP contribution in [0.25, 0.3) is 0 Å². The standard InChI is InChI=1S/C11H20FNO/c1-14-10-4-2-3-9(10)11(12)5-7-13-8-6-11/h9-10,13H,2-8H2,1H3. The van der Waals surface area contributed by atoms with Crippen LogP contribution in [0.4, 0.5) is 4.39 Å². The molecule has 1 heterocycles. The SMILES string of the molecule is COC1CCCC1C1(F)CCNCC1. The van der Waals surface area contributed by atoms with Gasteiger partial charge in [-0.15, -0.1) is 0 Å². The van der Waals surface area contributed by atoms with Crippen molar-refractivity contribution in [1.29, 1.82) is 0 Å². The molecule has 2 fully saturated rings. The molecule has 0 radical (unpaired) electrons. The maximum Gasteiger partial charge on any atom is 0.118 e. The van der Waals surface area contributed by atoms with Crippen molar-refractivity contribution >= 4 is 0 Å². The number of hydrogen-bond donors (Lipinski definition) is 1. The zero-order chi connectivity index (χ0) is 10.0. The Labute approximate surface area is 85.2 Å². The van der Waals surface area contributed by atoms with E-state index in [9.17, 15) is 4.39 Å². The van der Waals surface area contributed by atoms with Crippen molar-refractivity contribution in [1.82, 2.24) is 5.32 Å². The molecule has 1 aliphatic heterocycles. The molecular formula is C11H20FNO. The van der Waals surface area contributed by atoms with E-state index in [0.717, 1.165) is 32.4 Å². The molecule has 2 rings (SSSR count). The average Bonchev–Trinajstić information content (AvgIpc) is 2.67. The molecule has 0 bridgehead atoms. The van der Waals surface area contributed by atoms with E-state index in [1.54, 1.807) is 7.11 Å². The van der Waals surface area contributed by atoms with Gasteiger partial charge in [0, 0.05) is 13.0 Å². The van der Waals surface area contributed by atoms with Crippen molar-refractivity contribution < 1.29 is 9.13 Å². The summed E-state index contributed by atoms with van der Waals surface area (Å²) in [5.41, 5.74) is -0.956. The van der Waals surface area contributed by atoms with Gasteiger partial charge in [-0.2, -0.15) is 0 Å². The van der Waals surface area contributed by atoms with Crippen LogP contribution in [0.15, 0.2) is 0 Å². The first-order valence-corrected chi connectivity index (χ1v) is 5.69. The fourth-order valence-corrected chi connectivity index (χ4v) is 3.01. The highest BCUT2D eigenvalue weighted by Gasteiger charge is 2.46. The molecule has 1 N–H and O–H groups in total. The lowest BCUT2D eigenvalue weighted by Gasteiger charge is -2.37. The van der Waals surface area contributed by atoms with Crippen molar-refractivity contribution in [2.24, 2.45) is 5.92 Å². The second kappa shape index (κ2) is 4.15. The largest absolute Gasteiger partial charge is 0.381 e. The van der Waals surface area contributed by atoms with E-state index >= 15 is 0 Å². The molecule has 1 saturated heterocycles. The van der Waals surface area contributed by atoms with E-state index in [4.69, 9.17) is 4.74 Å². The normalized spacial score (nSPS) is 37.3. The predicted octanol–water partition coefficient (Wildman–Crippen LogP) is 1.89. The summed E-state index contributed by atoms with van der Waals surface area (Å²) in [6, 6.07) is 0. The van der Waals surface area contributed by atoms with Crippen molar-refractivity contribution in [3.05, 3.63) is 0 Å². The number of halogens is 1. The molecule has 2 aliphatic rings. The summed E-state index contributed by atoms with van der Waals surface area (Å²) in [6.45, 7) is 1.65. The van der Waals surface area contributed by atoms with Crippen LogP contribution < -0.4 is 5.32 Å². The van der Waals surface area contributed by atoms with Crippen LogP contribution in [0, 0.1) is 5.92 Å². The van der Waals surface area contributed by atoms with E-state index in [-0.39, 0.29) is 12.0 Å². The Balaban J connectivity index is 2.03. The van der Waals surface area contributed by atoms with E-state index in [2.05, 4.69) is 5.32 Å². The molecule has 0 aromatic carbocycles. The van der Waals surface area contributed by atoms with Gasteiger partial charge in [-0.1, -0.05) is 6.42 Å². The van der Waals surface area contributed by atoms with Crippen LogP contribution in [0.3, 0.4) is 0 Å². The van der Waals surface area contributed by atoms with Gasteiger partial charge < -0.3 is 10.1 Å². The smallest absolute Gasteiger partial charge is 0.118 e. The molecule has 1 saturated carbocycles. The first kappa shape index (κ1) is 10.4. The van der Waals surface area contributed by atoms with Crippen LogP contribution in [0.1, 0.15) is 32.1 Å². The van der Waals surface area contributed by atoms with E-state index < -0.39 is 5.67 Å². The first-order chi connectivity index (χ1) is 6.76. The van der Waals surface area contributed by atoms with Gasteiger partial charge in [-0.25, -0.2) is 4.39 Å². The summed E-state index contributed by atoms with van der Waals surface area (Å²) in [5.74, 6) is 0.148. The number of methoxy groups -OCH3 is 1. The maximum atomic E-state index is 14.6. The highest BCUT2D eigenvalue weighted by Crippen LogP contribution is 2.42. The Hall–Kier alpha value is -0.150. The Morgan fingerprint density at radius 2 is 2.00 bits per heavy atom. The monoisotopic (exact) mass is 201 g/mol. The second-order valence-corrected chi connectivity index (χ2v) is 4.60. The van der Waals surface area contributed by atoms with Crippen LogP contribution in [-0.2, 0) is 4.74 Å². The minimum Gasteiger partial charge on any atom is -0.381 e. The number of alkyl halides is 1. The van der Waals surface area contributed by atoms with Gasteiger partial charge >= 0.3 is 0 Å². The lowest BCUT2D eigenvalue weighted by Crippen LogP contribution is -2.46. The fraction of sp³-hybridized carbons (Fsp3) is 1.00. The summed E-state index contributed by atoms with van der Waals surface area (Å²) in [4.78, 5) is 0. The molecule has 0 spiro atoms. The Bertz CT molecular complexity index is 192. The third kappa shape index (κ3) is 1.80. The fourth-order valence-electron chi connectivity index (χ4n) is 3.01. The van der Waals surface area contributed by atoms with Crippen LogP contribution in [0.5, 0.6) is 0 Å². The predicted molar refractivity (Wildman–Crippen MR) is 54.1 cm³/mol. The molecule has 2 atom stereocenters. The third-order valence-electron chi connectivity index (χ3n) is 3.85. The topological polar surface area (TPSA) is 21.3 Å². The number of hydrogen-bond acceptors (Lipinski definition) is 2. The molecule has 3 heteroatoms. The van der Waals surface area contributed by atoms with Gasteiger partial charge in [0.25, 0.3) is 0 Å². The Morgan fingerprint density at radius 1 is 1.29 bits per heavy atom.